The summed E-state index contributed by atoms with van der Waals surface area (Å²) >= 11 is 12.4. The largest absolute Gasteiger partial charge is 0.495 e. The zero-order valence-electron chi connectivity index (χ0n) is 26.7. The number of nitrogens with one attached hydrogen (secondary N) is 1. The molecule has 14 heteroatoms. The number of sulfonamides is 1. The van der Waals surface area contributed by atoms with E-state index in [1.54, 1.807) is 53.4 Å². The predicted molar refractivity (Wildman–Crippen MR) is 180 cm³/mol. The summed E-state index contributed by atoms with van der Waals surface area (Å²) in [5, 5.41) is 3.43. The van der Waals surface area contributed by atoms with Crippen LogP contribution >= 0.6 is 23.2 Å². The van der Waals surface area contributed by atoms with Gasteiger partial charge in [0.15, 0.2) is 0 Å². The van der Waals surface area contributed by atoms with E-state index in [9.17, 15) is 22.8 Å². The van der Waals surface area contributed by atoms with Gasteiger partial charge in [-0.2, -0.15) is 4.31 Å². The summed E-state index contributed by atoms with van der Waals surface area (Å²) in [6.45, 7) is 3.21. The molecule has 2 saturated heterocycles. The molecule has 0 bridgehead atoms. The number of halogens is 2. The topological polar surface area (TPSA) is 120 Å². The molecule has 0 aliphatic carbocycles. The van der Waals surface area contributed by atoms with Crippen LogP contribution < -0.4 is 15.0 Å². The first-order chi connectivity index (χ1) is 22.2. The Hall–Kier alpha value is -3.84. The molecule has 0 spiro atoms. The van der Waals surface area contributed by atoms with Gasteiger partial charge in [-0.25, -0.2) is 8.42 Å². The monoisotopic (exact) mass is 701 g/mol. The molecule has 1 N–H and O–H groups in total. The van der Waals surface area contributed by atoms with E-state index in [4.69, 9.17) is 27.9 Å². The average Bonchev–Trinajstić information content (AvgIpc) is 3.04. The number of rotatable bonds is 9. The van der Waals surface area contributed by atoms with Gasteiger partial charge >= 0.3 is 0 Å². The molecule has 3 amide bonds. The van der Waals surface area contributed by atoms with Crippen molar-refractivity contribution in [3.05, 3.63) is 87.9 Å². The van der Waals surface area contributed by atoms with E-state index in [2.05, 4.69) is 5.32 Å². The van der Waals surface area contributed by atoms with Gasteiger partial charge in [-0.15, -0.1) is 0 Å². The molecule has 5 rings (SSSR count). The Morgan fingerprint density at radius 2 is 1.60 bits per heavy atom. The molecule has 2 aliphatic rings. The molecule has 2 heterocycles. The fourth-order valence-electron chi connectivity index (χ4n) is 5.95. The molecule has 250 valence electrons. The molecule has 47 heavy (non-hydrogen) atoms. The van der Waals surface area contributed by atoms with Crippen LogP contribution in [-0.2, 0) is 26.0 Å². The first kappa shape index (κ1) is 34.5. The highest BCUT2D eigenvalue weighted by molar-refractivity contribution is 7.89. The minimum Gasteiger partial charge on any atom is -0.495 e. The number of amides is 3. The first-order valence-corrected chi connectivity index (χ1v) is 17.2. The number of hydrogen-bond donors (Lipinski definition) is 1. The molecule has 3 unspecified atom stereocenters. The van der Waals surface area contributed by atoms with Gasteiger partial charge in [0, 0.05) is 54.4 Å². The Kier molecular flexibility index (Phi) is 10.1. The van der Waals surface area contributed by atoms with Crippen LogP contribution in [-0.4, -0.2) is 98.8 Å². The zero-order chi connectivity index (χ0) is 34.2. The number of nitrogens with zero attached hydrogens (tertiary/aromatic N) is 4. The molecule has 3 aromatic carbocycles. The van der Waals surface area contributed by atoms with Crippen LogP contribution in [0.1, 0.15) is 29.8 Å². The third-order valence-corrected chi connectivity index (χ3v) is 10.8. The van der Waals surface area contributed by atoms with Crippen molar-refractivity contribution >= 4 is 56.6 Å². The maximum Gasteiger partial charge on any atom is 0.251 e. The van der Waals surface area contributed by atoms with E-state index in [1.807, 2.05) is 32.8 Å². The summed E-state index contributed by atoms with van der Waals surface area (Å²) in [6, 6.07) is 15.3. The quantitative estimate of drug-likeness (QED) is 0.360. The molecular weight excluding hydrogens is 665 g/mol. The van der Waals surface area contributed by atoms with Crippen LogP contribution in [0.2, 0.25) is 10.0 Å². The lowest BCUT2D eigenvalue weighted by Crippen LogP contribution is -2.76. The minimum absolute atomic E-state index is 0.0599. The summed E-state index contributed by atoms with van der Waals surface area (Å²) in [5.41, 5.74) is 1.88. The van der Waals surface area contributed by atoms with E-state index in [0.29, 0.717) is 5.02 Å². The maximum absolute atomic E-state index is 14.6. The number of carbonyl (C=O) groups excluding carboxylic acids is 3. The van der Waals surface area contributed by atoms with Gasteiger partial charge < -0.3 is 24.8 Å². The lowest BCUT2D eigenvalue weighted by Gasteiger charge is -2.54. The average molecular weight is 703 g/mol. The number of anilines is 1. The third-order valence-electron chi connectivity index (χ3n) is 8.46. The third kappa shape index (κ3) is 6.92. The SMILES string of the molecule is COc1ccc(Cl)cc1S(=O)(=O)N1CC(NC(=O)c2ccc(N(C)C)cc2)C(=O)N2C(Cc3ccc(Cl)cc3)C(=O)N(C(C)C)CC21. The fraction of sp³-hybridized carbons (Fsp3) is 0.364. The Morgan fingerprint density at radius 3 is 2.19 bits per heavy atom. The Balaban J connectivity index is 1.61. The molecule has 0 radical (unpaired) electrons. The summed E-state index contributed by atoms with van der Waals surface area (Å²) in [5.74, 6) is -1.40. The van der Waals surface area contributed by atoms with Crippen LogP contribution in [0.4, 0.5) is 5.69 Å². The second-order valence-corrected chi connectivity index (χ2v) is 14.7. The number of carbonyl (C=O) groups is 3. The van der Waals surface area contributed by atoms with Crippen molar-refractivity contribution in [1.82, 2.24) is 19.4 Å². The van der Waals surface area contributed by atoms with Gasteiger partial charge in [0.05, 0.1) is 13.7 Å². The molecule has 11 nitrogen and oxygen atoms in total. The Bertz CT molecular complexity index is 1770. The summed E-state index contributed by atoms with van der Waals surface area (Å²) in [7, 11) is 0.672. The zero-order valence-corrected chi connectivity index (χ0v) is 29.0. The second kappa shape index (κ2) is 13.7. The fourth-order valence-corrected chi connectivity index (χ4v) is 8.08. The number of methoxy groups -OCH3 is 1. The molecule has 2 fully saturated rings. The number of piperazine rings is 1. The molecule has 0 aromatic heterocycles. The van der Waals surface area contributed by atoms with E-state index in [1.165, 1.54) is 34.5 Å². The number of fused-ring (bicyclic) bond motifs is 1. The number of hydrogen-bond acceptors (Lipinski definition) is 7. The second-order valence-electron chi connectivity index (χ2n) is 12.0. The minimum atomic E-state index is -4.42. The van der Waals surface area contributed by atoms with Crippen molar-refractivity contribution in [2.75, 3.05) is 39.2 Å². The molecule has 0 saturated carbocycles. The van der Waals surface area contributed by atoms with E-state index in [-0.39, 0.29) is 52.7 Å². The van der Waals surface area contributed by atoms with Crippen molar-refractivity contribution in [1.29, 1.82) is 0 Å². The Morgan fingerprint density at radius 1 is 0.957 bits per heavy atom. The van der Waals surface area contributed by atoms with Gasteiger partial charge in [-0.1, -0.05) is 35.3 Å². The van der Waals surface area contributed by atoms with Crippen molar-refractivity contribution in [2.24, 2.45) is 0 Å². The van der Waals surface area contributed by atoms with Crippen LogP contribution in [0.25, 0.3) is 0 Å². The summed E-state index contributed by atoms with van der Waals surface area (Å²) < 4.78 is 35.7. The van der Waals surface area contributed by atoms with Crippen molar-refractivity contribution < 1.29 is 27.5 Å². The summed E-state index contributed by atoms with van der Waals surface area (Å²) in [6.07, 6.45) is -0.983. The predicted octanol–water partition coefficient (Wildman–Crippen LogP) is 3.89. The van der Waals surface area contributed by atoms with Crippen LogP contribution in [0, 0.1) is 0 Å². The highest BCUT2D eigenvalue weighted by Gasteiger charge is 2.54. The van der Waals surface area contributed by atoms with Gasteiger partial charge in [-0.3, -0.25) is 14.4 Å². The van der Waals surface area contributed by atoms with E-state index < -0.39 is 40.1 Å². The van der Waals surface area contributed by atoms with Gasteiger partial charge in [0.25, 0.3) is 5.91 Å². The maximum atomic E-state index is 14.6. The molecular formula is C33H37Cl2N5O6S. The summed E-state index contributed by atoms with van der Waals surface area (Å²) in [4.78, 5) is 46.5. The van der Waals surface area contributed by atoms with Crippen molar-refractivity contribution in [3.8, 4) is 5.75 Å². The standard InChI is InChI=1S/C33H37Cl2N5O6S/c1-20(2)38-19-30-39(47(44,45)29-17-24(35)12-15-28(29)46-5)18-26(36-31(41)22-8-13-25(14-9-22)37(3)4)32(42)40(30)27(33(38)43)16-21-6-10-23(34)11-7-21/h6-15,17,20,26-27,30H,16,18-19H2,1-5H3,(H,36,41). The van der Waals surface area contributed by atoms with E-state index >= 15 is 0 Å². The highest BCUT2D eigenvalue weighted by Crippen LogP contribution is 2.36. The highest BCUT2D eigenvalue weighted by atomic mass is 35.5. The van der Waals surface area contributed by atoms with Crippen LogP contribution in [0.5, 0.6) is 5.75 Å². The normalized spacial score (nSPS) is 20.3. The van der Waals surface area contributed by atoms with Crippen LogP contribution in [0.15, 0.2) is 71.6 Å². The smallest absolute Gasteiger partial charge is 0.251 e. The number of ether oxygens (including phenoxy) is 1. The Labute approximate surface area is 285 Å². The molecule has 3 aromatic rings. The number of benzene rings is 3. The van der Waals surface area contributed by atoms with Gasteiger partial charge in [-0.05, 0) is 74.0 Å². The first-order valence-electron chi connectivity index (χ1n) is 15.0. The lowest BCUT2D eigenvalue weighted by molar-refractivity contribution is -0.168. The van der Waals surface area contributed by atoms with Crippen molar-refractivity contribution in [3.63, 3.8) is 0 Å². The van der Waals surface area contributed by atoms with Gasteiger partial charge in [0.2, 0.25) is 21.8 Å². The van der Waals surface area contributed by atoms with Crippen molar-refractivity contribution in [2.45, 2.75) is 49.5 Å². The molecule has 3 atom stereocenters. The lowest BCUT2D eigenvalue weighted by atomic mass is 9.96. The molecule has 2 aliphatic heterocycles. The van der Waals surface area contributed by atoms with Gasteiger partial charge in [0.1, 0.15) is 28.9 Å². The van der Waals surface area contributed by atoms with E-state index in [0.717, 1.165) is 11.3 Å². The van der Waals surface area contributed by atoms with Crippen LogP contribution in [0.3, 0.4) is 0 Å².